The smallest absolute Gasteiger partial charge is 0.130 e. The van der Waals surface area contributed by atoms with Gasteiger partial charge in [-0.05, 0) is 62.2 Å². The summed E-state index contributed by atoms with van der Waals surface area (Å²) in [5.41, 5.74) is 7.20. The summed E-state index contributed by atoms with van der Waals surface area (Å²) in [5, 5.41) is 0. The maximum atomic E-state index is 13.4. The molecule has 0 saturated heterocycles. The highest BCUT2D eigenvalue weighted by molar-refractivity contribution is 5.42. The molecule has 0 unspecified atom stereocenters. The van der Waals surface area contributed by atoms with Gasteiger partial charge in [0, 0.05) is 12.6 Å². The van der Waals surface area contributed by atoms with Gasteiger partial charge in [-0.1, -0.05) is 0 Å². The summed E-state index contributed by atoms with van der Waals surface area (Å²) >= 11 is 0. The topological polar surface area (TPSA) is 44.5 Å². The van der Waals surface area contributed by atoms with E-state index in [1.807, 2.05) is 32.9 Å². The summed E-state index contributed by atoms with van der Waals surface area (Å²) in [6.07, 6.45) is 0.116. The van der Waals surface area contributed by atoms with E-state index in [0.29, 0.717) is 17.1 Å². The Morgan fingerprint density at radius 1 is 1.10 bits per heavy atom. The van der Waals surface area contributed by atoms with E-state index in [1.165, 1.54) is 12.1 Å². The third kappa shape index (κ3) is 4.20. The highest BCUT2D eigenvalue weighted by Gasteiger charge is 2.06. The van der Waals surface area contributed by atoms with Gasteiger partial charge < -0.3 is 15.2 Å². The molecule has 2 rings (SSSR count). The highest BCUT2D eigenvalue weighted by atomic mass is 19.1. The molecular formula is C17H20FNO2. The molecule has 0 bridgehead atoms. The molecule has 0 amide bonds. The Labute approximate surface area is 124 Å². The fourth-order valence-electron chi connectivity index (χ4n) is 2.01. The monoisotopic (exact) mass is 289 g/mol. The Hall–Kier alpha value is -2.07. The van der Waals surface area contributed by atoms with E-state index < -0.39 is 0 Å². The zero-order chi connectivity index (χ0) is 15.4. The predicted molar refractivity (Wildman–Crippen MR) is 81.3 cm³/mol. The first-order chi connectivity index (χ1) is 9.97. The van der Waals surface area contributed by atoms with Crippen LogP contribution in [-0.4, -0.2) is 6.10 Å². The minimum atomic E-state index is -0.357. The molecule has 21 heavy (non-hydrogen) atoms. The van der Waals surface area contributed by atoms with Crippen molar-refractivity contribution in [2.75, 3.05) is 0 Å². The van der Waals surface area contributed by atoms with Gasteiger partial charge in [-0.2, -0.15) is 0 Å². The minimum absolute atomic E-state index is 0.116. The van der Waals surface area contributed by atoms with Crippen molar-refractivity contribution in [1.29, 1.82) is 0 Å². The van der Waals surface area contributed by atoms with Gasteiger partial charge in [0.25, 0.3) is 0 Å². The van der Waals surface area contributed by atoms with E-state index in [4.69, 9.17) is 15.2 Å². The van der Waals surface area contributed by atoms with Crippen LogP contribution in [0.3, 0.4) is 0 Å². The van der Waals surface area contributed by atoms with Gasteiger partial charge in [0.05, 0.1) is 6.10 Å². The molecule has 0 saturated carbocycles. The lowest BCUT2D eigenvalue weighted by Crippen LogP contribution is -2.06. The second-order valence-electron chi connectivity index (χ2n) is 5.20. The molecule has 112 valence electrons. The van der Waals surface area contributed by atoms with Gasteiger partial charge in [-0.3, -0.25) is 0 Å². The minimum Gasteiger partial charge on any atom is -0.491 e. The van der Waals surface area contributed by atoms with Crippen LogP contribution in [0.15, 0.2) is 36.4 Å². The summed E-state index contributed by atoms with van der Waals surface area (Å²) < 4.78 is 24.8. The Morgan fingerprint density at radius 2 is 1.86 bits per heavy atom. The van der Waals surface area contributed by atoms with E-state index in [9.17, 15) is 4.39 Å². The Kier molecular flexibility index (Phi) is 4.81. The number of hydrogen-bond donors (Lipinski definition) is 1. The molecule has 2 aromatic rings. The van der Waals surface area contributed by atoms with Crippen LogP contribution < -0.4 is 15.2 Å². The molecule has 0 heterocycles. The molecule has 4 heteroatoms. The largest absolute Gasteiger partial charge is 0.491 e. The van der Waals surface area contributed by atoms with E-state index >= 15 is 0 Å². The molecule has 3 nitrogen and oxygen atoms in total. The molecule has 0 aromatic heterocycles. The molecular weight excluding hydrogens is 269 g/mol. The molecule has 0 aliphatic heterocycles. The van der Waals surface area contributed by atoms with Crippen LogP contribution in [0.5, 0.6) is 17.2 Å². The quantitative estimate of drug-likeness (QED) is 0.898. The lowest BCUT2D eigenvalue weighted by molar-refractivity contribution is 0.240. The van der Waals surface area contributed by atoms with Gasteiger partial charge in [-0.15, -0.1) is 0 Å². The maximum absolute atomic E-state index is 13.4. The van der Waals surface area contributed by atoms with Crippen molar-refractivity contribution in [2.24, 2.45) is 5.73 Å². The number of halogens is 1. The van der Waals surface area contributed by atoms with Crippen molar-refractivity contribution in [3.8, 4) is 17.2 Å². The summed E-state index contributed by atoms with van der Waals surface area (Å²) in [6.45, 7) is 6.17. The van der Waals surface area contributed by atoms with Crippen molar-refractivity contribution in [3.63, 3.8) is 0 Å². The van der Waals surface area contributed by atoms with Crippen molar-refractivity contribution < 1.29 is 13.9 Å². The molecule has 0 aliphatic rings. The number of rotatable bonds is 5. The summed E-state index contributed by atoms with van der Waals surface area (Å²) in [7, 11) is 0. The number of hydrogen-bond acceptors (Lipinski definition) is 3. The second kappa shape index (κ2) is 6.59. The van der Waals surface area contributed by atoms with Gasteiger partial charge in [0.1, 0.15) is 23.1 Å². The SMILES string of the molecule is Cc1cc(Oc2cc(F)cc(CN)c2)ccc1OC(C)C. The Morgan fingerprint density at radius 3 is 2.48 bits per heavy atom. The number of aryl methyl sites for hydroxylation is 1. The fraction of sp³-hybridized carbons (Fsp3) is 0.294. The average molecular weight is 289 g/mol. The molecule has 0 fully saturated rings. The van der Waals surface area contributed by atoms with Gasteiger partial charge in [0.15, 0.2) is 0 Å². The zero-order valence-electron chi connectivity index (χ0n) is 12.5. The lowest BCUT2D eigenvalue weighted by Gasteiger charge is -2.14. The molecule has 0 atom stereocenters. The van der Waals surface area contributed by atoms with Crippen LogP contribution in [-0.2, 0) is 6.54 Å². The van der Waals surface area contributed by atoms with Crippen LogP contribution in [0.1, 0.15) is 25.0 Å². The maximum Gasteiger partial charge on any atom is 0.130 e. The molecule has 2 N–H and O–H groups in total. The first-order valence-electron chi connectivity index (χ1n) is 6.92. The summed E-state index contributed by atoms with van der Waals surface area (Å²) in [6, 6.07) is 10.00. The van der Waals surface area contributed by atoms with E-state index in [-0.39, 0.29) is 18.5 Å². The van der Waals surface area contributed by atoms with Crippen molar-refractivity contribution >= 4 is 0 Å². The van der Waals surface area contributed by atoms with Crippen LogP contribution in [0.4, 0.5) is 4.39 Å². The zero-order valence-corrected chi connectivity index (χ0v) is 12.5. The molecule has 0 spiro atoms. The third-order valence-corrected chi connectivity index (χ3v) is 2.91. The van der Waals surface area contributed by atoms with Crippen LogP contribution in [0.2, 0.25) is 0 Å². The lowest BCUT2D eigenvalue weighted by atomic mass is 10.2. The Bertz CT molecular complexity index is 626. The number of ether oxygens (including phenoxy) is 2. The number of nitrogens with two attached hydrogens (primary N) is 1. The summed E-state index contributed by atoms with van der Waals surface area (Å²) in [4.78, 5) is 0. The third-order valence-electron chi connectivity index (χ3n) is 2.91. The van der Waals surface area contributed by atoms with Crippen molar-refractivity contribution in [1.82, 2.24) is 0 Å². The van der Waals surface area contributed by atoms with Crippen LogP contribution >= 0.6 is 0 Å². The second-order valence-corrected chi connectivity index (χ2v) is 5.20. The van der Waals surface area contributed by atoms with Crippen LogP contribution in [0, 0.1) is 12.7 Å². The van der Waals surface area contributed by atoms with Crippen LogP contribution in [0.25, 0.3) is 0 Å². The predicted octanol–water partition coefficient (Wildman–Crippen LogP) is 4.17. The molecule has 2 aromatic carbocycles. The van der Waals surface area contributed by atoms with E-state index in [2.05, 4.69) is 0 Å². The van der Waals surface area contributed by atoms with Crippen molar-refractivity contribution in [2.45, 2.75) is 33.4 Å². The normalized spacial score (nSPS) is 10.8. The first-order valence-corrected chi connectivity index (χ1v) is 6.92. The molecule has 0 aliphatic carbocycles. The first kappa shape index (κ1) is 15.3. The Balaban J connectivity index is 2.20. The standard InChI is InChI=1S/C17H20FNO2/c1-11(2)20-17-5-4-15(6-12(17)3)21-16-8-13(10-19)7-14(18)9-16/h4-9,11H,10,19H2,1-3H3. The van der Waals surface area contributed by atoms with Crippen molar-refractivity contribution in [3.05, 3.63) is 53.3 Å². The highest BCUT2D eigenvalue weighted by Crippen LogP contribution is 2.28. The summed E-state index contributed by atoms with van der Waals surface area (Å²) in [5.74, 6) is 1.54. The fourth-order valence-corrected chi connectivity index (χ4v) is 2.01. The number of benzene rings is 2. The van der Waals surface area contributed by atoms with E-state index in [0.717, 1.165) is 11.3 Å². The van der Waals surface area contributed by atoms with E-state index in [1.54, 1.807) is 12.1 Å². The molecule has 0 radical (unpaired) electrons. The average Bonchev–Trinajstić information content (AvgIpc) is 2.41. The van der Waals surface area contributed by atoms with Gasteiger partial charge >= 0.3 is 0 Å². The van der Waals surface area contributed by atoms with Gasteiger partial charge in [0.2, 0.25) is 0 Å². The van der Waals surface area contributed by atoms with Gasteiger partial charge in [-0.25, -0.2) is 4.39 Å².